The number of azide groups is 1. The molecule has 1 fully saturated rings. The minimum atomic E-state index is 0.736. The minimum Gasteiger partial charge on any atom is -0.362 e. The monoisotopic (exact) mass is 430 g/mol. The molecule has 9 heteroatoms. The summed E-state index contributed by atoms with van der Waals surface area (Å²) in [6.45, 7) is 4.26. The summed E-state index contributed by atoms with van der Waals surface area (Å²) in [4.78, 5) is 13.1. The maximum absolute atomic E-state index is 8.30. The average Bonchev–Trinajstić information content (AvgIpc) is 3.52. The van der Waals surface area contributed by atoms with Crippen molar-refractivity contribution >= 4 is 24.3 Å². The fourth-order valence-electron chi connectivity index (χ4n) is 3.52. The van der Waals surface area contributed by atoms with Gasteiger partial charge in [-0.05, 0) is 59.5 Å². The van der Waals surface area contributed by atoms with Gasteiger partial charge in [0, 0.05) is 49.5 Å². The molecular formula is C23H26N8O. The van der Waals surface area contributed by atoms with Gasteiger partial charge in [-0.1, -0.05) is 30.3 Å². The van der Waals surface area contributed by atoms with Gasteiger partial charge < -0.3 is 14.8 Å². The lowest BCUT2D eigenvalue weighted by atomic mass is 10.1. The molecule has 0 unspecified atom stereocenters. The Morgan fingerprint density at radius 2 is 1.84 bits per heavy atom. The van der Waals surface area contributed by atoms with Crippen LogP contribution in [0.1, 0.15) is 28.2 Å². The van der Waals surface area contributed by atoms with Crippen molar-refractivity contribution in [3.63, 3.8) is 0 Å². The van der Waals surface area contributed by atoms with Gasteiger partial charge in [-0.2, -0.15) is 5.10 Å². The molecule has 1 aliphatic heterocycles. The van der Waals surface area contributed by atoms with Crippen LogP contribution in [0.4, 0.5) is 0 Å². The maximum Gasteiger partial charge on any atom is 0.132 e. The SMILES string of the molecule is [N-]=[N+]=NON1CCN(CCc2ccc(/C=C/c3cc(/C=C/c4ccc[nH]4)[nH]n3)cc2)CC1. The number of hydroxylamine groups is 2. The lowest BCUT2D eigenvalue weighted by Crippen LogP contribution is -2.46. The highest BCUT2D eigenvalue weighted by atomic mass is 16.8. The number of nitrogens with zero attached hydrogens (tertiary/aromatic N) is 6. The Morgan fingerprint density at radius 3 is 2.59 bits per heavy atom. The van der Waals surface area contributed by atoms with E-state index in [4.69, 9.17) is 10.5 Å². The van der Waals surface area contributed by atoms with Crippen molar-refractivity contribution in [2.24, 2.45) is 5.28 Å². The van der Waals surface area contributed by atoms with E-state index < -0.39 is 0 Å². The van der Waals surface area contributed by atoms with Crippen LogP contribution in [-0.2, 0) is 11.4 Å². The molecule has 3 heterocycles. The summed E-state index contributed by atoms with van der Waals surface area (Å²) in [5.74, 6) is 0. The molecule has 9 nitrogen and oxygen atoms in total. The van der Waals surface area contributed by atoms with Crippen molar-refractivity contribution in [1.82, 2.24) is 25.1 Å². The molecule has 164 valence electrons. The van der Waals surface area contributed by atoms with Crippen LogP contribution in [-0.4, -0.2) is 57.9 Å². The van der Waals surface area contributed by atoms with Crippen LogP contribution in [0.2, 0.25) is 0 Å². The quantitative estimate of drug-likeness (QED) is 0.227. The molecule has 1 saturated heterocycles. The summed E-state index contributed by atoms with van der Waals surface area (Å²) >= 11 is 0. The topological polar surface area (TPSA) is 109 Å². The van der Waals surface area contributed by atoms with Gasteiger partial charge in [0.05, 0.1) is 11.4 Å². The summed E-state index contributed by atoms with van der Waals surface area (Å²) in [5, 5.41) is 12.2. The van der Waals surface area contributed by atoms with Crippen LogP contribution in [0.15, 0.2) is 53.9 Å². The summed E-state index contributed by atoms with van der Waals surface area (Å²) in [6, 6.07) is 14.6. The number of H-pyrrole nitrogens is 2. The molecule has 0 saturated carbocycles. The van der Waals surface area contributed by atoms with Crippen LogP contribution in [0.25, 0.3) is 34.7 Å². The van der Waals surface area contributed by atoms with E-state index >= 15 is 0 Å². The first-order valence-corrected chi connectivity index (χ1v) is 10.6. The van der Waals surface area contributed by atoms with E-state index in [1.807, 2.05) is 42.6 Å². The zero-order valence-corrected chi connectivity index (χ0v) is 17.8. The maximum atomic E-state index is 8.30. The number of rotatable bonds is 9. The fraction of sp³-hybridized carbons (Fsp3) is 0.261. The Kier molecular flexibility index (Phi) is 7.38. The largest absolute Gasteiger partial charge is 0.362 e. The molecular weight excluding hydrogens is 404 g/mol. The first-order valence-electron chi connectivity index (χ1n) is 10.6. The van der Waals surface area contributed by atoms with Crippen molar-refractivity contribution < 1.29 is 4.94 Å². The van der Waals surface area contributed by atoms with E-state index in [2.05, 4.69) is 60.6 Å². The number of aromatic nitrogens is 3. The Morgan fingerprint density at radius 1 is 1.03 bits per heavy atom. The number of hydrogen-bond donors (Lipinski definition) is 2. The molecule has 0 radical (unpaired) electrons. The summed E-state index contributed by atoms with van der Waals surface area (Å²) in [6.07, 6.45) is 11.0. The lowest BCUT2D eigenvalue weighted by Gasteiger charge is -2.32. The Hall–Kier alpha value is -3.78. The van der Waals surface area contributed by atoms with Crippen LogP contribution >= 0.6 is 0 Å². The third kappa shape index (κ3) is 6.36. The smallest absolute Gasteiger partial charge is 0.132 e. The van der Waals surface area contributed by atoms with Gasteiger partial charge in [-0.25, -0.2) is 0 Å². The molecule has 0 amide bonds. The summed E-state index contributed by atoms with van der Waals surface area (Å²) < 4.78 is 0. The van der Waals surface area contributed by atoms with Gasteiger partial charge in [-0.15, -0.1) is 5.06 Å². The number of benzene rings is 1. The fourth-order valence-corrected chi connectivity index (χ4v) is 3.52. The van der Waals surface area contributed by atoms with Gasteiger partial charge >= 0.3 is 0 Å². The predicted molar refractivity (Wildman–Crippen MR) is 126 cm³/mol. The third-order valence-electron chi connectivity index (χ3n) is 5.34. The van der Waals surface area contributed by atoms with Gasteiger partial charge in [0.1, 0.15) is 5.28 Å². The first kappa shape index (κ1) is 21.5. The molecule has 4 rings (SSSR count). The highest BCUT2D eigenvalue weighted by Gasteiger charge is 2.17. The highest BCUT2D eigenvalue weighted by Crippen LogP contribution is 2.12. The molecule has 3 aromatic rings. The van der Waals surface area contributed by atoms with E-state index in [9.17, 15) is 0 Å². The molecule has 0 bridgehead atoms. The summed E-state index contributed by atoms with van der Waals surface area (Å²) in [7, 11) is 0. The molecule has 32 heavy (non-hydrogen) atoms. The average molecular weight is 431 g/mol. The Balaban J connectivity index is 1.23. The lowest BCUT2D eigenvalue weighted by molar-refractivity contribution is -0.179. The number of nitrogens with one attached hydrogen (secondary N) is 2. The second kappa shape index (κ2) is 11.0. The second-order valence-corrected chi connectivity index (χ2v) is 7.56. The van der Waals surface area contributed by atoms with E-state index in [-0.39, 0.29) is 0 Å². The van der Waals surface area contributed by atoms with Crippen molar-refractivity contribution in [3.05, 3.63) is 87.3 Å². The summed E-state index contributed by atoms with van der Waals surface area (Å²) in [5.41, 5.74) is 13.7. The van der Waals surface area contributed by atoms with Crippen LogP contribution < -0.4 is 0 Å². The predicted octanol–water partition coefficient (Wildman–Crippen LogP) is 4.40. The van der Waals surface area contributed by atoms with Gasteiger partial charge in [-0.3, -0.25) is 5.10 Å². The van der Waals surface area contributed by atoms with Crippen molar-refractivity contribution in [2.75, 3.05) is 32.7 Å². The Bertz CT molecular complexity index is 1070. The first-order chi connectivity index (χ1) is 15.8. The van der Waals surface area contributed by atoms with Gasteiger partial charge in [0.2, 0.25) is 0 Å². The minimum absolute atomic E-state index is 0.736. The van der Waals surface area contributed by atoms with Crippen molar-refractivity contribution in [2.45, 2.75) is 6.42 Å². The van der Waals surface area contributed by atoms with Crippen molar-refractivity contribution in [1.29, 1.82) is 0 Å². The highest BCUT2D eigenvalue weighted by molar-refractivity contribution is 5.71. The molecule has 2 aromatic heterocycles. The van der Waals surface area contributed by atoms with Crippen LogP contribution in [0, 0.1) is 0 Å². The molecule has 2 N–H and O–H groups in total. The zero-order chi connectivity index (χ0) is 22.0. The number of hydrogen-bond acceptors (Lipinski definition) is 5. The molecule has 0 spiro atoms. The standard InChI is InChI=1S/C23H26N8O/c24-28-29-32-31-16-14-30(15-17-31)13-11-20-5-3-19(4-6-20)7-8-22-18-23(27-26-22)10-9-21-2-1-12-25-21/h1-10,12,18,25H,11,13-17H2,(H,26,27)/b8-7+,10-9+. The molecule has 1 aromatic carbocycles. The van der Waals surface area contributed by atoms with Crippen LogP contribution in [0.5, 0.6) is 0 Å². The molecule has 1 aliphatic rings. The van der Waals surface area contributed by atoms with Crippen molar-refractivity contribution in [3.8, 4) is 0 Å². The van der Waals surface area contributed by atoms with E-state index in [1.54, 1.807) is 5.06 Å². The molecule has 0 aliphatic carbocycles. The van der Waals surface area contributed by atoms with E-state index in [1.165, 1.54) is 5.56 Å². The Labute approximate surface area is 186 Å². The zero-order valence-electron chi connectivity index (χ0n) is 17.8. The van der Waals surface area contributed by atoms with E-state index in [0.29, 0.717) is 0 Å². The molecule has 0 atom stereocenters. The van der Waals surface area contributed by atoms with Gasteiger partial charge in [0.15, 0.2) is 0 Å². The second-order valence-electron chi connectivity index (χ2n) is 7.56. The van der Waals surface area contributed by atoms with Gasteiger partial charge in [0.25, 0.3) is 0 Å². The normalized spacial score (nSPS) is 15.4. The number of aromatic amines is 2. The van der Waals surface area contributed by atoms with Crippen LogP contribution in [0.3, 0.4) is 0 Å². The number of piperazine rings is 1. The van der Waals surface area contributed by atoms with E-state index in [0.717, 1.165) is 61.8 Å². The third-order valence-corrected chi connectivity index (χ3v) is 5.34.